The molecule has 0 saturated heterocycles. The number of nitrogens with two attached hydrogens (primary N) is 1. The highest BCUT2D eigenvalue weighted by Crippen LogP contribution is 2.31. The quantitative estimate of drug-likeness (QED) is 0.452. The number of hydrogen-bond acceptors (Lipinski definition) is 7. The van der Waals surface area contributed by atoms with Gasteiger partial charge in [0.1, 0.15) is 5.60 Å². The number of aromatic nitrogens is 2. The number of esters is 1. The van der Waals surface area contributed by atoms with Crippen LogP contribution in [0.1, 0.15) is 20.8 Å². The van der Waals surface area contributed by atoms with E-state index >= 15 is 0 Å². The van der Waals surface area contributed by atoms with Gasteiger partial charge in [-0.2, -0.15) is 9.97 Å². The lowest BCUT2D eigenvalue weighted by Gasteiger charge is -2.26. The van der Waals surface area contributed by atoms with Crippen LogP contribution in [-0.2, 0) is 14.3 Å². The van der Waals surface area contributed by atoms with Crippen LogP contribution in [0, 0.1) is 0 Å². The molecule has 0 atom stereocenters. The van der Waals surface area contributed by atoms with Crippen molar-refractivity contribution >= 4 is 51.4 Å². The molecule has 1 amide bonds. The van der Waals surface area contributed by atoms with Crippen LogP contribution in [0.25, 0.3) is 0 Å². The Morgan fingerprint density at radius 1 is 1.38 bits per heavy atom. The smallest absolute Gasteiger partial charge is 0.416 e. The van der Waals surface area contributed by atoms with E-state index in [0.29, 0.717) is 0 Å². The lowest BCUT2D eigenvalue weighted by atomic mass is 10.2. The van der Waals surface area contributed by atoms with E-state index in [1.807, 2.05) is 0 Å². The van der Waals surface area contributed by atoms with E-state index in [1.54, 1.807) is 20.8 Å². The summed E-state index contributed by atoms with van der Waals surface area (Å²) in [6.45, 7) is 5.16. The number of carbonyl (C=O) groups excluding carboxylic acids is 2. The van der Waals surface area contributed by atoms with Crippen LogP contribution in [0.5, 0.6) is 0 Å². The Morgan fingerprint density at radius 3 is 2.54 bits per heavy atom. The van der Waals surface area contributed by atoms with Crippen LogP contribution in [0.2, 0.25) is 5.15 Å². The minimum Gasteiger partial charge on any atom is -0.466 e. The first-order valence-corrected chi connectivity index (χ1v) is 7.95. The normalized spacial score (nSPS) is 11.4. The minimum atomic E-state index is -0.726. The molecule has 0 aliphatic heterocycles. The number of rotatable bonds is 4. The van der Waals surface area contributed by atoms with E-state index in [0.717, 1.165) is 0 Å². The van der Waals surface area contributed by atoms with Gasteiger partial charge in [0.25, 0.3) is 0 Å². The van der Waals surface area contributed by atoms with Crippen molar-refractivity contribution in [2.45, 2.75) is 26.4 Å². The minimum absolute atomic E-state index is 0.0185. The highest BCUT2D eigenvalue weighted by Gasteiger charge is 2.26. The Balaban J connectivity index is 3.20. The van der Waals surface area contributed by atoms with Crippen molar-refractivity contribution in [1.29, 1.82) is 0 Å². The summed E-state index contributed by atoms with van der Waals surface area (Å²) in [7, 11) is 1.25. The first-order valence-electron chi connectivity index (χ1n) is 6.78. The van der Waals surface area contributed by atoms with Gasteiger partial charge in [-0.15, -0.1) is 0 Å². The molecule has 0 saturated carbocycles. The number of nitrogens with zero attached hydrogens (tertiary/aromatic N) is 3. The highest BCUT2D eigenvalue weighted by molar-refractivity contribution is 9.10. The molecule has 0 radical (unpaired) electrons. The van der Waals surface area contributed by atoms with Gasteiger partial charge in [-0.05, 0) is 36.7 Å². The highest BCUT2D eigenvalue weighted by atomic mass is 79.9. The van der Waals surface area contributed by atoms with E-state index in [-0.39, 0.29) is 27.9 Å². The molecular formula is C14H18BrClN4O4. The molecule has 0 aliphatic carbocycles. The fourth-order valence-electron chi connectivity index (χ4n) is 1.49. The summed E-state index contributed by atoms with van der Waals surface area (Å²) in [5.74, 6) is -0.543. The molecule has 0 fully saturated rings. The summed E-state index contributed by atoms with van der Waals surface area (Å²) >= 11 is 9.18. The van der Waals surface area contributed by atoms with Gasteiger partial charge in [0, 0.05) is 12.6 Å². The predicted octanol–water partition coefficient (Wildman–Crippen LogP) is 2.95. The van der Waals surface area contributed by atoms with Gasteiger partial charge in [0.05, 0.1) is 11.6 Å². The summed E-state index contributed by atoms with van der Waals surface area (Å²) in [5.41, 5.74) is 4.87. The molecule has 0 aliphatic rings. The molecule has 1 aromatic heterocycles. The Bertz CT molecular complexity index is 661. The lowest BCUT2D eigenvalue weighted by molar-refractivity contribution is -0.134. The summed E-state index contributed by atoms with van der Waals surface area (Å²) in [5, 5.41) is 0.0445. The van der Waals surface area contributed by atoms with E-state index in [9.17, 15) is 9.59 Å². The topological polar surface area (TPSA) is 108 Å². The largest absolute Gasteiger partial charge is 0.466 e. The van der Waals surface area contributed by atoms with E-state index in [1.165, 1.54) is 24.2 Å². The second kappa shape index (κ2) is 8.29. The van der Waals surface area contributed by atoms with E-state index in [4.69, 9.17) is 22.1 Å². The van der Waals surface area contributed by atoms with Gasteiger partial charge in [-0.3, -0.25) is 4.90 Å². The average Bonchev–Trinajstić information content (AvgIpc) is 2.45. The van der Waals surface area contributed by atoms with Crippen molar-refractivity contribution in [3.8, 4) is 0 Å². The third-order valence-electron chi connectivity index (χ3n) is 2.42. The molecule has 2 N–H and O–H groups in total. The van der Waals surface area contributed by atoms with E-state index < -0.39 is 17.7 Å². The molecule has 0 unspecified atom stereocenters. The number of hydrogen-bond donors (Lipinski definition) is 1. The summed E-state index contributed by atoms with van der Waals surface area (Å²) in [6.07, 6.45) is 1.91. The van der Waals surface area contributed by atoms with Gasteiger partial charge < -0.3 is 15.2 Å². The third-order valence-corrected chi connectivity index (χ3v) is 3.66. The summed E-state index contributed by atoms with van der Waals surface area (Å²) in [6, 6.07) is 0. The number of nitrogen functional groups attached to an aromatic ring is 1. The molecule has 1 heterocycles. The van der Waals surface area contributed by atoms with Gasteiger partial charge in [0.15, 0.2) is 11.0 Å². The number of ether oxygens (including phenoxy) is 2. The van der Waals surface area contributed by atoms with Gasteiger partial charge in [0.2, 0.25) is 5.95 Å². The standard InChI is InChI=1S/C14H18BrClN4O4/c1-14(2,3)24-13(22)20(7-5-6-8(21)23-4)11-9(15)10(16)18-12(17)19-11/h5-6H,7H2,1-4H3,(H2,17,18,19)/b6-5+. The number of anilines is 2. The van der Waals surface area contributed by atoms with Crippen LogP contribution in [-0.4, -0.2) is 41.3 Å². The number of amides is 1. The molecule has 132 valence electrons. The van der Waals surface area contributed by atoms with Crippen molar-refractivity contribution in [1.82, 2.24) is 9.97 Å². The maximum Gasteiger partial charge on any atom is 0.416 e. The maximum atomic E-state index is 12.5. The first-order chi connectivity index (χ1) is 11.0. The maximum absolute atomic E-state index is 12.5. The zero-order chi connectivity index (χ0) is 18.5. The fraction of sp³-hybridized carbons (Fsp3) is 0.429. The van der Waals surface area contributed by atoms with Crippen LogP contribution in [0.3, 0.4) is 0 Å². The van der Waals surface area contributed by atoms with Crippen molar-refractivity contribution in [3.63, 3.8) is 0 Å². The Labute approximate surface area is 153 Å². The number of methoxy groups -OCH3 is 1. The van der Waals surface area contributed by atoms with E-state index in [2.05, 4.69) is 30.6 Å². The zero-order valence-corrected chi connectivity index (χ0v) is 16.0. The van der Waals surface area contributed by atoms with Crippen molar-refractivity contribution in [2.75, 3.05) is 24.3 Å². The number of halogens is 2. The average molecular weight is 422 g/mol. The molecule has 0 bridgehead atoms. The SMILES string of the molecule is COC(=O)/C=C/CN(C(=O)OC(C)(C)C)c1nc(N)nc(Cl)c1Br. The zero-order valence-electron chi connectivity index (χ0n) is 13.7. The van der Waals surface area contributed by atoms with Gasteiger partial charge in [-0.1, -0.05) is 17.7 Å². The molecule has 0 aromatic carbocycles. The Morgan fingerprint density at radius 2 is 2.00 bits per heavy atom. The predicted molar refractivity (Wildman–Crippen MR) is 93.9 cm³/mol. The number of carbonyl (C=O) groups is 2. The van der Waals surface area contributed by atoms with Crippen LogP contribution in [0.4, 0.5) is 16.6 Å². The van der Waals surface area contributed by atoms with Crippen molar-refractivity contribution in [3.05, 3.63) is 21.8 Å². The van der Waals surface area contributed by atoms with Crippen LogP contribution in [0.15, 0.2) is 16.6 Å². The fourth-order valence-corrected chi connectivity index (χ4v) is 2.05. The first kappa shape index (κ1) is 20.2. The molecule has 1 aromatic rings. The molecule has 8 nitrogen and oxygen atoms in total. The second-order valence-electron chi connectivity index (χ2n) is 5.53. The summed E-state index contributed by atoms with van der Waals surface area (Å²) < 4.78 is 10.1. The third kappa shape index (κ3) is 5.97. The van der Waals surface area contributed by atoms with Crippen molar-refractivity contribution in [2.24, 2.45) is 0 Å². The second-order valence-corrected chi connectivity index (χ2v) is 6.68. The van der Waals surface area contributed by atoms with Crippen molar-refractivity contribution < 1.29 is 19.1 Å². The Kier molecular flexibility index (Phi) is 6.97. The molecule has 10 heteroatoms. The van der Waals surface area contributed by atoms with Gasteiger partial charge >= 0.3 is 12.1 Å². The monoisotopic (exact) mass is 420 g/mol. The summed E-state index contributed by atoms with van der Waals surface area (Å²) in [4.78, 5) is 32.6. The molecule has 0 spiro atoms. The lowest BCUT2D eigenvalue weighted by Crippen LogP contribution is -2.38. The molecule has 24 heavy (non-hydrogen) atoms. The molecule has 1 rings (SSSR count). The Hall–Kier alpha value is -1.87. The van der Waals surface area contributed by atoms with Crippen LogP contribution >= 0.6 is 27.5 Å². The van der Waals surface area contributed by atoms with Gasteiger partial charge in [-0.25, -0.2) is 9.59 Å². The van der Waals surface area contributed by atoms with Crippen LogP contribution < -0.4 is 10.6 Å². The molecular weight excluding hydrogens is 404 g/mol.